The van der Waals surface area contributed by atoms with E-state index in [0.717, 1.165) is 22.8 Å². The van der Waals surface area contributed by atoms with Crippen LogP contribution in [0, 0.1) is 6.92 Å². The number of halogens is 2. The molecular formula is C19H18Cl2N4O. The molecule has 0 saturated carbocycles. The summed E-state index contributed by atoms with van der Waals surface area (Å²) in [5, 5.41) is 7.50. The van der Waals surface area contributed by atoms with Gasteiger partial charge in [0.15, 0.2) is 0 Å². The van der Waals surface area contributed by atoms with Gasteiger partial charge in [-0.25, -0.2) is 4.98 Å². The lowest BCUT2D eigenvalue weighted by molar-refractivity contribution is 0.340. The van der Waals surface area contributed by atoms with Crippen LogP contribution in [0.5, 0.6) is 5.75 Å². The maximum atomic E-state index is 6.04. The van der Waals surface area contributed by atoms with Crippen LogP contribution >= 0.6 is 23.2 Å². The summed E-state index contributed by atoms with van der Waals surface area (Å²) in [6.07, 6.45) is 0. The number of aryl methyl sites for hydroxylation is 1. The van der Waals surface area contributed by atoms with Gasteiger partial charge in [0, 0.05) is 33.2 Å². The zero-order chi connectivity index (χ0) is 18.5. The maximum absolute atomic E-state index is 6.04. The molecule has 0 aliphatic rings. The molecule has 7 heteroatoms. The second kappa shape index (κ2) is 8.25. The first kappa shape index (κ1) is 18.3. The van der Waals surface area contributed by atoms with Crippen molar-refractivity contribution in [3.05, 3.63) is 64.3 Å². The summed E-state index contributed by atoms with van der Waals surface area (Å²) in [6.45, 7) is 4.49. The highest BCUT2D eigenvalue weighted by molar-refractivity contribution is 6.35. The molecule has 0 amide bonds. The lowest BCUT2D eigenvalue weighted by atomic mass is 10.3. The van der Waals surface area contributed by atoms with Crippen molar-refractivity contribution in [1.82, 2.24) is 9.97 Å². The van der Waals surface area contributed by atoms with Gasteiger partial charge < -0.3 is 15.4 Å². The minimum atomic E-state index is 0.491. The summed E-state index contributed by atoms with van der Waals surface area (Å²) in [4.78, 5) is 8.91. The Labute approximate surface area is 162 Å². The van der Waals surface area contributed by atoms with Crippen molar-refractivity contribution in [2.75, 3.05) is 17.2 Å². The predicted octanol–water partition coefficient (Wildman–Crippen LogP) is 5.98. The first-order chi connectivity index (χ1) is 12.5. The molecule has 2 aromatic carbocycles. The Morgan fingerprint density at radius 1 is 0.885 bits per heavy atom. The van der Waals surface area contributed by atoms with Crippen molar-refractivity contribution in [2.24, 2.45) is 0 Å². The average Bonchev–Trinajstić information content (AvgIpc) is 2.55. The van der Waals surface area contributed by atoms with Crippen LogP contribution in [0.2, 0.25) is 10.0 Å². The fourth-order valence-corrected chi connectivity index (χ4v) is 2.92. The number of hydrogen-bond donors (Lipinski definition) is 2. The van der Waals surface area contributed by atoms with Gasteiger partial charge >= 0.3 is 0 Å². The van der Waals surface area contributed by atoms with E-state index in [2.05, 4.69) is 20.6 Å². The Balaban J connectivity index is 1.78. The monoisotopic (exact) mass is 388 g/mol. The van der Waals surface area contributed by atoms with Gasteiger partial charge in [-0.2, -0.15) is 4.98 Å². The van der Waals surface area contributed by atoms with E-state index in [1.807, 2.05) is 44.2 Å². The van der Waals surface area contributed by atoms with Crippen molar-refractivity contribution in [1.29, 1.82) is 0 Å². The van der Waals surface area contributed by atoms with Crippen LogP contribution in [-0.2, 0) is 0 Å². The van der Waals surface area contributed by atoms with E-state index >= 15 is 0 Å². The van der Waals surface area contributed by atoms with Crippen LogP contribution in [-0.4, -0.2) is 16.6 Å². The largest absolute Gasteiger partial charge is 0.494 e. The molecule has 3 rings (SSSR count). The number of benzene rings is 2. The fourth-order valence-electron chi connectivity index (χ4n) is 2.39. The second-order valence-corrected chi connectivity index (χ2v) is 6.46. The number of nitrogens with one attached hydrogen (secondary N) is 2. The van der Waals surface area contributed by atoms with Crippen molar-refractivity contribution < 1.29 is 4.74 Å². The van der Waals surface area contributed by atoms with Crippen molar-refractivity contribution in [3.8, 4) is 5.75 Å². The van der Waals surface area contributed by atoms with Crippen molar-refractivity contribution in [2.45, 2.75) is 13.8 Å². The van der Waals surface area contributed by atoms with Gasteiger partial charge in [-0.3, -0.25) is 0 Å². The molecule has 26 heavy (non-hydrogen) atoms. The lowest BCUT2D eigenvalue weighted by Gasteiger charge is -2.11. The highest BCUT2D eigenvalue weighted by Gasteiger charge is 2.05. The Kier molecular flexibility index (Phi) is 5.81. The number of aromatic nitrogens is 2. The minimum Gasteiger partial charge on any atom is -0.494 e. The zero-order valence-electron chi connectivity index (χ0n) is 14.4. The third kappa shape index (κ3) is 5.00. The molecule has 134 valence electrons. The first-order valence-corrected chi connectivity index (χ1v) is 8.86. The zero-order valence-corrected chi connectivity index (χ0v) is 15.9. The Hall–Kier alpha value is -2.50. The van der Waals surface area contributed by atoms with E-state index < -0.39 is 0 Å². The van der Waals surface area contributed by atoms with Gasteiger partial charge in [-0.15, -0.1) is 0 Å². The normalized spacial score (nSPS) is 10.5. The van der Waals surface area contributed by atoms with Crippen LogP contribution in [0.4, 0.5) is 23.1 Å². The molecule has 0 aliphatic carbocycles. The topological polar surface area (TPSA) is 59.1 Å². The van der Waals surface area contributed by atoms with Gasteiger partial charge in [0.1, 0.15) is 11.6 Å². The lowest BCUT2D eigenvalue weighted by Crippen LogP contribution is -2.02. The van der Waals surface area contributed by atoms with E-state index in [9.17, 15) is 0 Å². The van der Waals surface area contributed by atoms with Crippen LogP contribution in [0.3, 0.4) is 0 Å². The van der Waals surface area contributed by atoms with Crippen LogP contribution in [0.1, 0.15) is 12.6 Å². The van der Waals surface area contributed by atoms with Gasteiger partial charge in [-0.05, 0) is 56.3 Å². The van der Waals surface area contributed by atoms with E-state index in [4.69, 9.17) is 27.9 Å². The third-order valence-electron chi connectivity index (χ3n) is 3.41. The number of rotatable bonds is 6. The predicted molar refractivity (Wildman–Crippen MR) is 107 cm³/mol. The maximum Gasteiger partial charge on any atom is 0.229 e. The van der Waals surface area contributed by atoms with Crippen LogP contribution < -0.4 is 15.4 Å². The SMILES string of the molecule is CCOc1ccc(Nc2nc(C)cc(Nc3cc(Cl)cc(Cl)c3)n2)cc1. The molecule has 0 spiro atoms. The van der Waals surface area contributed by atoms with Crippen molar-refractivity contribution >= 4 is 46.3 Å². The molecule has 0 bridgehead atoms. The Bertz CT molecular complexity index is 880. The van der Waals surface area contributed by atoms with Gasteiger partial charge in [0.05, 0.1) is 6.61 Å². The summed E-state index contributed by atoms with van der Waals surface area (Å²) in [5.41, 5.74) is 2.45. The smallest absolute Gasteiger partial charge is 0.229 e. The van der Waals surface area contributed by atoms with Gasteiger partial charge in [0.2, 0.25) is 5.95 Å². The molecule has 5 nitrogen and oxygen atoms in total. The Morgan fingerprint density at radius 3 is 2.23 bits per heavy atom. The highest BCUT2D eigenvalue weighted by atomic mass is 35.5. The quantitative estimate of drug-likeness (QED) is 0.543. The highest BCUT2D eigenvalue weighted by Crippen LogP contribution is 2.26. The second-order valence-electron chi connectivity index (χ2n) is 5.58. The first-order valence-electron chi connectivity index (χ1n) is 8.10. The number of ether oxygens (including phenoxy) is 1. The summed E-state index contributed by atoms with van der Waals surface area (Å²) in [5.74, 6) is 1.96. The number of nitrogens with zero attached hydrogens (tertiary/aromatic N) is 2. The average molecular weight is 389 g/mol. The molecule has 0 radical (unpaired) electrons. The summed E-state index contributed by atoms with van der Waals surface area (Å²) in [7, 11) is 0. The minimum absolute atomic E-state index is 0.491. The molecule has 0 aliphatic heterocycles. The summed E-state index contributed by atoms with van der Waals surface area (Å²) >= 11 is 12.1. The van der Waals surface area contributed by atoms with Crippen molar-refractivity contribution in [3.63, 3.8) is 0 Å². The van der Waals surface area contributed by atoms with E-state index in [0.29, 0.717) is 28.4 Å². The van der Waals surface area contributed by atoms with E-state index in [1.54, 1.807) is 18.2 Å². The standard InChI is InChI=1S/C19H18Cl2N4O/c1-3-26-17-6-4-15(5-7-17)24-19-22-12(2)8-18(25-19)23-16-10-13(20)9-14(21)11-16/h4-11H,3H2,1-2H3,(H2,22,23,24,25). The Morgan fingerprint density at radius 2 is 1.58 bits per heavy atom. The summed E-state index contributed by atoms with van der Waals surface area (Å²) < 4.78 is 5.44. The molecule has 3 aromatic rings. The molecule has 1 heterocycles. The molecule has 0 atom stereocenters. The van der Waals surface area contributed by atoms with Gasteiger partial charge in [-0.1, -0.05) is 23.2 Å². The fraction of sp³-hybridized carbons (Fsp3) is 0.158. The summed E-state index contributed by atoms with van der Waals surface area (Å²) in [6, 6.07) is 14.7. The molecule has 0 saturated heterocycles. The third-order valence-corrected chi connectivity index (χ3v) is 3.85. The van der Waals surface area contributed by atoms with Crippen LogP contribution in [0.15, 0.2) is 48.5 Å². The number of anilines is 4. The molecule has 0 fully saturated rings. The van der Waals surface area contributed by atoms with E-state index in [1.165, 1.54) is 0 Å². The molecule has 0 unspecified atom stereocenters. The van der Waals surface area contributed by atoms with E-state index in [-0.39, 0.29) is 0 Å². The van der Waals surface area contributed by atoms with Gasteiger partial charge in [0.25, 0.3) is 0 Å². The molecule has 2 N–H and O–H groups in total. The van der Waals surface area contributed by atoms with Crippen LogP contribution in [0.25, 0.3) is 0 Å². The molecular weight excluding hydrogens is 371 g/mol. The molecule has 1 aromatic heterocycles. The number of hydrogen-bond acceptors (Lipinski definition) is 5.